The van der Waals surface area contributed by atoms with Crippen LogP contribution in [-0.2, 0) is 21.1 Å². The first-order valence-corrected chi connectivity index (χ1v) is 11.5. The smallest absolute Gasteiger partial charge is 0.193 e. The average molecular weight is 405 g/mol. The number of thiazole rings is 1. The van der Waals surface area contributed by atoms with Gasteiger partial charge in [-0.05, 0) is 18.8 Å². The molecule has 0 fully saturated rings. The Kier molecular flexibility index (Phi) is 8.49. The van der Waals surface area contributed by atoms with Crippen molar-refractivity contribution in [3.8, 4) is 0 Å². The molecule has 9 heteroatoms. The fourth-order valence-electron chi connectivity index (χ4n) is 2.25. The molecule has 0 radical (unpaired) electrons. The van der Waals surface area contributed by atoms with Crippen LogP contribution in [0.3, 0.4) is 0 Å². The highest BCUT2D eigenvalue weighted by Crippen LogP contribution is 2.22. The van der Waals surface area contributed by atoms with Gasteiger partial charge >= 0.3 is 0 Å². The third-order valence-corrected chi connectivity index (χ3v) is 6.12. The van der Waals surface area contributed by atoms with E-state index in [1.54, 1.807) is 25.5 Å². The van der Waals surface area contributed by atoms with Gasteiger partial charge in [0.05, 0.1) is 18.0 Å². The normalized spacial score (nSPS) is 14.3. The average Bonchev–Trinajstić information content (AvgIpc) is 3.00. The summed E-state index contributed by atoms with van der Waals surface area (Å²) >= 11 is 1.59. The van der Waals surface area contributed by atoms with Gasteiger partial charge in [-0.3, -0.25) is 4.99 Å². The van der Waals surface area contributed by atoms with Crippen molar-refractivity contribution >= 4 is 27.1 Å². The number of sulfone groups is 1. The molecule has 1 N–H and O–H groups in total. The van der Waals surface area contributed by atoms with Gasteiger partial charge in [0.25, 0.3) is 0 Å². The molecule has 0 amide bonds. The number of aliphatic imine (C=N–C) groups is 1. The van der Waals surface area contributed by atoms with Crippen molar-refractivity contribution < 1.29 is 13.2 Å². The van der Waals surface area contributed by atoms with Gasteiger partial charge in [0, 0.05) is 39.4 Å². The van der Waals surface area contributed by atoms with E-state index in [4.69, 9.17) is 4.74 Å². The highest BCUT2D eigenvalue weighted by molar-refractivity contribution is 7.90. The minimum atomic E-state index is -2.95. The van der Waals surface area contributed by atoms with Crippen molar-refractivity contribution in [2.45, 2.75) is 39.8 Å². The predicted molar refractivity (Wildman–Crippen MR) is 108 cm³/mol. The largest absolute Gasteiger partial charge is 0.375 e. The van der Waals surface area contributed by atoms with Crippen molar-refractivity contribution in [2.24, 2.45) is 10.4 Å². The van der Waals surface area contributed by atoms with Crippen LogP contribution in [-0.4, -0.2) is 64.0 Å². The minimum absolute atomic E-state index is 0.00728. The monoisotopic (exact) mass is 404 g/mol. The van der Waals surface area contributed by atoms with Crippen molar-refractivity contribution in [1.29, 1.82) is 0 Å². The molecule has 1 aromatic heterocycles. The molecule has 0 bridgehead atoms. The molecular weight excluding hydrogens is 372 g/mol. The van der Waals surface area contributed by atoms with Gasteiger partial charge in [0.1, 0.15) is 20.9 Å². The number of guanidine groups is 1. The Balaban J connectivity index is 2.61. The molecule has 1 aromatic rings. The number of ether oxygens (including phenoxy) is 1. The molecule has 0 aromatic carbocycles. The van der Waals surface area contributed by atoms with Crippen LogP contribution in [0.5, 0.6) is 0 Å². The van der Waals surface area contributed by atoms with E-state index in [9.17, 15) is 8.42 Å². The molecular formula is C17H32N4O3S2. The van der Waals surface area contributed by atoms with Crippen molar-refractivity contribution in [3.05, 3.63) is 16.1 Å². The number of rotatable bonds is 9. The standard InChI is InChI=1S/C17H32N4O3S2/c1-13(24-6)15-20-14(11-25-15)10-21(5)16(18-4)19-12-17(2,3)8-9-26(7,22)23/h11,13H,8-10,12H2,1-7H3,(H,18,19). The summed E-state index contributed by atoms with van der Waals surface area (Å²) in [6, 6.07) is 0. The number of nitrogens with one attached hydrogen (secondary N) is 1. The maximum absolute atomic E-state index is 11.4. The number of methoxy groups -OCH3 is 1. The fourth-order valence-corrected chi connectivity index (χ4v) is 4.02. The highest BCUT2D eigenvalue weighted by atomic mass is 32.2. The Morgan fingerprint density at radius 3 is 2.69 bits per heavy atom. The molecule has 1 heterocycles. The van der Waals surface area contributed by atoms with E-state index in [0.29, 0.717) is 19.5 Å². The van der Waals surface area contributed by atoms with Crippen LogP contribution in [0.2, 0.25) is 0 Å². The van der Waals surface area contributed by atoms with Crippen LogP contribution < -0.4 is 5.32 Å². The van der Waals surface area contributed by atoms with Gasteiger partial charge in [0.15, 0.2) is 5.96 Å². The van der Waals surface area contributed by atoms with Gasteiger partial charge in [-0.15, -0.1) is 11.3 Å². The Hall–Kier alpha value is -1.19. The van der Waals surface area contributed by atoms with Crippen molar-refractivity contribution in [2.75, 3.05) is 39.8 Å². The third kappa shape index (κ3) is 8.01. The third-order valence-electron chi connectivity index (χ3n) is 4.12. The summed E-state index contributed by atoms with van der Waals surface area (Å²) < 4.78 is 28.1. The lowest BCUT2D eigenvalue weighted by molar-refractivity contribution is 0.119. The van der Waals surface area contributed by atoms with Gasteiger partial charge in [-0.25, -0.2) is 13.4 Å². The zero-order valence-electron chi connectivity index (χ0n) is 16.9. The number of nitrogens with zero attached hydrogens (tertiary/aromatic N) is 3. The number of hydrogen-bond acceptors (Lipinski definition) is 6. The number of hydrogen-bond donors (Lipinski definition) is 1. The fraction of sp³-hybridized carbons (Fsp3) is 0.765. The predicted octanol–water partition coefficient (Wildman–Crippen LogP) is 2.32. The zero-order valence-corrected chi connectivity index (χ0v) is 18.5. The van der Waals surface area contributed by atoms with E-state index in [2.05, 4.69) is 29.1 Å². The first-order valence-electron chi connectivity index (χ1n) is 8.54. The van der Waals surface area contributed by atoms with E-state index in [1.165, 1.54) is 6.26 Å². The molecule has 150 valence electrons. The van der Waals surface area contributed by atoms with Crippen LogP contribution in [0.4, 0.5) is 0 Å². The zero-order chi connectivity index (χ0) is 20.0. The Bertz CT molecular complexity index is 699. The van der Waals surface area contributed by atoms with E-state index < -0.39 is 9.84 Å². The first kappa shape index (κ1) is 22.9. The second kappa shape index (κ2) is 9.66. The summed E-state index contributed by atoms with van der Waals surface area (Å²) in [6.45, 7) is 7.36. The van der Waals surface area contributed by atoms with Gasteiger partial charge < -0.3 is 15.0 Å². The quantitative estimate of drug-likeness (QED) is 0.502. The molecule has 0 spiro atoms. The summed E-state index contributed by atoms with van der Waals surface area (Å²) in [5.74, 6) is 0.946. The van der Waals surface area contributed by atoms with Crippen LogP contribution in [0.1, 0.15) is 44.0 Å². The van der Waals surface area contributed by atoms with Crippen molar-refractivity contribution in [3.63, 3.8) is 0 Å². The minimum Gasteiger partial charge on any atom is -0.375 e. The molecule has 7 nitrogen and oxygen atoms in total. The van der Waals surface area contributed by atoms with Gasteiger partial charge in [-0.1, -0.05) is 13.8 Å². The summed E-state index contributed by atoms with van der Waals surface area (Å²) in [7, 11) is 2.42. The second-order valence-electron chi connectivity index (χ2n) is 7.36. The van der Waals surface area contributed by atoms with Crippen LogP contribution >= 0.6 is 11.3 Å². The Morgan fingerprint density at radius 2 is 2.15 bits per heavy atom. The molecule has 1 rings (SSSR count). The molecule has 26 heavy (non-hydrogen) atoms. The van der Waals surface area contributed by atoms with Gasteiger partial charge in [-0.2, -0.15) is 0 Å². The number of aromatic nitrogens is 1. The lowest BCUT2D eigenvalue weighted by atomic mass is 9.90. The molecule has 1 unspecified atom stereocenters. The lowest BCUT2D eigenvalue weighted by Crippen LogP contribution is -2.43. The first-order chi connectivity index (χ1) is 12.0. The highest BCUT2D eigenvalue weighted by Gasteiger charge is 2.21. The SMILES string of the molecule is CN=C(NCC(C)(C)CCS(C)(=O)=O)N(C)Cc1csc(C(C)OC)n1. The van der Waals surface area contributed by atoms with Crippen LogP contribution in [0.15, 0.2) is 10.4 Å². The second-order valence-corrected chi connectivity index (χ2v) is 10.5. The molecule has 1 atom stereocenters. The summed E-state index contributed by atoms with van der Waals surface area (Å²) in [5.41, 5.74) is 0.817. The lowest BCUT2D eigenvalue weighted by Gasteiger charge is -2.28. The van der Waals surface area contributed by atoms with Gasteiger partial charge in [0.2, 0.25) is 0 Å². The molecule has 0 aliphatic carbocycles. The molecule has 0 aliphatic rings. The van der Waals surface area contributed by atoms with E-state index in [0.717, 1.165) is 16.7 Å². The Labute approximate surface area is 161 Å². The van der Waals surface area contributed by atoms with E-state index in [1.807, 2.05) is 24.3 Å². The van der Waals surface area contributed by atoms with Crippen LogP contribution in [0, 0.1) is 5.41 Å². The maximum Gasteiger partial charge on any atom is 0.193 e. The summed E-state index contributed by atoms with van der Waals surface area (Å²) in [4.78, 5) is 10.9. The van der Waals surface area contributed by atoms with E-state index in [-0.39, 0.29) is 17.3 Å². The topological polar surface area (TPSA) is 83.9 Å². The van der Waals surface area contributed by atoms with Crippen molar-refractivity contribution in [1.82, 2.24) is 15.2 Å². The Morgan fingerprint density at radius 1 is 1.50 bits per heavy atom. The molecule has 0 aliphatic heterocycles. The van der Waals surface area contributed by atoms with Crippen LogP contribution in [0.25, 0.3) is 0 Å². The summed E-state index contributed by atoms with van der Waals surface area (Å²) in [6.07, 6.45) is 1.87. The maximum atomic E-state index is 11.4. The molecule has 0 saturated carbocycles. The summed E-state index contributed by atoms with van der Waals surface area (Å²) in [5, 5.41) is 6.33. The van der Waals surface area contributed by atoms with E-state index >= 15 is 0 Å². The molecule has 0 saturated heterocycles.